The molecule has 0 bridgehead atoms. The summed E-state index contributed by atoms with van der Waals surface area (Å²) >= 11 is 10.1. The maximum absolute atomic E-state index is 11.2. The van der Waals surface area contributed by atoms with Crippen LogP contribution in [0.15, 0.2) is 26.9 Å². The molecule has 0 saturated heterocycles. The molecule has 0 spiro atoms. The average molecular weight is 346 g/mol. The second kappa shape index (κ2) is 3.89. The van der Waals surface area contributed by atoms with Crippen molar-refractivity contribution in [3.8, 4) is 0 Å². The minimum absolute atomic E-state index is 0.112. The van der Waals surface area contributed by atoms with Crippen molar-refractivity contribution in [1.29, 1.82) is 0 Å². The Bertz CT molecular complexity index is 633. The first-order valence-electron chi connectivity index (χ1n) is 3.72. The molecule has 0 fully saturated rings. The summed E-state index contributed by atoms with van der Waals surface area (Å²) < 4.78 is 23.9. The molecule has 2 aromatic rings. The van der Waals surface area contributed by atoms with Crippen molar-refractivity contribution in [3.63, 3.8) is 0 Å². The van der Waals surface area contributed by atoms with Crippen LogP contribution in [-0.2, 0) is 9.05 Å². The molecule has 0 radical (unpaired) electrons. The number of hydrogen-bond acceptors (Lipinski definition) is 3. The van der Waals surface area contributed by atoms with Gasteiger partial charge in [0.25, 0.3) is 9.05 Å². The van der Waals surface area contributed by atoms with Crippen LogP contribution >= 0.6 is 49.6 Å². The van der Waals surface area contributed by atoms with Crippen molar-refractivity contribution in [2.75, 3.05) is 0 Å². The Morgan fingerprint density at radius 1 is 1.33 bits per heavy atom. The summed E-state index contributed by atoms with van der Waals surface area (Å²) in [6.07, 6.45) is 0. The number of hydrogen-bond donors (Lipinski definition) is 0. The molecule has 0 amide bonds. The fourth-order valence-electron chi connectivity index (χ4n) is 1.17. The molecule has 7 heteroatoms. The molecule has 80 valence electrons. The van der Waals surface area contributed by atoms with E-state index in [9.17, 15) is 8.42 Å². The highest BCUT2D eigenvalue weighted by molar-refractivity contribution is 9.10. The zero-order chi connectivity index (χ0) is 11.2. The van der Waals surface area contributed by atoms with Crippen molar-refractivity contribution in [2.24, 2.45) is 0 Å². The highest BCUT2D eigenvalue weighted by atomic mass is 79.9. The predicted octanol–water partition coefficient (Wildman–Crippen LogP) is 4.24. The number of halogens is 3. The average Bonchev–Trinajstić information content (AvgIpc) is 2.43. The van der Waals surface area contributed by atoms with E-state index in [0.29, 0.717) is 9.50 Å². The third kappa shape index (κ3) is 2.17. The summed E-state index contributed by atoms with van der Waals surface area (Å²) in [7, 11) is 1.59. The van der Waals surface area contributed by atoms with Crippen LogP contribution in [-0.4, -0.2) is 8.42 Å². The zero-order valence-corrected chi connectivity index (χ0v) is 11.7. The Morgan fingerprint density at radius 3 is 2.60 bits per heavy atom. The van der Waals surface area contributed by atoms with Crippen molar-refractivity contribution in [1.82, 2.24) is 0 Å². The monoisotopic (exact) mass is 344 g/mol. The molecule has 1 heterocycles. The molecular formula is C8H3BrCl2O2S2. The molecule has 0 aliphatic carbocycles. The lowest BCUT2D eigenvalue weighted by Crippen LogP contribution is -1.85. The molecule has 2 rings (SSSR count). The van der Waals surface area contributed by atoms with Crippen LogP contribution in [0.1, 0.15) is 0 Å². The van der Waals surface area contributed by atoms with Crippen molar-refractivity contribution < 1.29 is 8.42 Å². The van der Waals surface area contributed by atoms with Crippen molar-refractivity contribution >= 4 is 68.7 Å². The number of rotatable bonds is 1. The van der Waals surface area contributed by atoms with Crippen LogP contribution in [0.3, 0.4) is 0 Å². The van der Waals surface area contributed by atoms with Gasteiger partial charge in [-0.1, -0.05) is 11.6 Å². The van der Waals surface area contributed by atoms with E-state index in [4.69, 9.17) is 22.3 Å². The first-order chi connectivity index (χ1) is 6.89. The minimum atomic E-state index is -3.71. The Labute approximate surface area is 108 Å². The summed E-state index contributed by atoms with van der Waals surface area (Å²) in [5, 5.41) is 1.31. The van der Waals surface area contributed by atoms with Gasteiger partial charge in [0.2, 0.25) is 0 Å². The SMILES string of the molecule is O=S(=O)(Cl)c1sc2ccc(Cl)cc2c1Br. The predicted molar refractivity (Wildman–Crippen MR) is 67.6 cm³/mol. The van der Waals surface area contributed by atoms with Crippen LogP contribution in [0.4, 0.5) is 0 Å². The lowest BCUT2D eigenvalue weighted by molar-refractivity contribution is 0.611. The van der Waals surface area contributed by atoms with Crippen molar-refractivity contribution in [2.45, 2.75) is 4.21 Å². The number of thiophene rings is 1. The number of fused-ring (bicyclic) bond motifs is 1. The molecule has 1 aromatic carbocycles. The van der Waals surface area contributed by atoms with Gasteiger partial charge in [0.05, 0.1) is 4.47 Å². The van der Waals surface area contributed by atoms with Gasteiger partial charge in [0.1, 0.15) is 0 Å². The topological polar surface area (TPSA) is 34.1 Å². The Kier molecular flexibility index (Phi) is 3.03. The maximum atomic E-state index is 11.2. The van der Waals surface area contributed by atoms with E-state index in [2.05, 4.69) is 15.9 Å². The summed E-state index contributed by atoms with van der Waals surface area (Å²) in [5.41, 5.74) is 0. The lowest BCUT2D eigenvalue weighted by Gasteiger charge is -1.92. The molecule has 2 nitrogen and oxygen atoms in total. The number of benzene rings is 1. The molecule has 15 heavy (non-hydrogen) atoms. The fourth-order valence-corrected chi connectivity index (χ4v) is 5.28. The summed E-state index contributed by atoms with van der Waals surface area (Å²) in [6, 6.07) is 5.17. The van der Waals surface area contributed by atoms with Gasteiger partial charge in [-0.25, -0.2) is 8.42 Å². The maximum Gasteiger partial charge on any atom is 0.271 e. The zero-order valence-electron chi connectivity index (χ0n) is 7.00. The smallest absolute Gasteiger partial charge is 0.206 e. The molecule has 0 saturated carbocycles. The molecule has 0 N–H and O–H groups in total. The fraction of sp³-hybridized carbons (Fsp3) is 0. The molecule has 0 aliphatic heterocycles. The lowest BCUT2D eigenvalue weighted by atomic mass is 10.3. The Morgan fingerprint density at radius 2 is 2.00 bits per heavy atom. The van der Waals surface area contributed by atoms with E-state index in [0.717, 1.165) is 21.4 Å². The molecule has 0 atom stereocenters. The second-order valence-corrected chi connectivity index (χ2v) is 7.82. The molecule has 0 aliphatic rings. The van der Waals surface area contributed by atoms with Gasteiger partial charge in [-0.3, -0.25) is 0 Å². The van der Waals surface area contributed by atoms with E-state index in [-0.39, 0.29) is 4.21 Å². The summed E-state index contributed by atoms with van der Waals surface area (Å²) in [4.78, 5) is 0. The summed E-state index contributed by atoms with van der Waals surface area (Å²) in [6.45, 7) is 0. The van der Waals surface area contributed by atoms with Crippen molar-refractivity contribution in [3.05, 3.63) is 27.7 Å². The van der Waals surface area contributed by atoms with Crippen LogP contribution in [0.25, 0.3) is 10.1 Å². The first-order valence-corrected chi connectivity index (χ1v) is 8.01. The Hall–Kier alpha value is 0.190. The largest absolute Gasteiger partial charge is 0.271 e. The van der Waals surface area contributed by atoms with Crippen LogP contribution in [0.2, 0.25) is 5.02 Å². The van der Waals surface area contributed by atoms with Gasteiger partial charge in [0.15, 0.2) is 4.21 Å². The molecular weight excluding hydrogens is 343 g/mol. The van der Waals surface area contributed by atoms with E-state index in [1.54, 1.807) is 18.2 Å². The van der Waals surface area contributed by atoms with Gasteiger partial charge in [-0.05, 0) is 34.1 Å². The minimum Gasteiger partial charge on any atom is -0.206 e. The standard InChI is InChI=1S/C8H3BrCl2O2S2/c9-7-5-3-4(10)1-2-6(5)14-8(7)15(11,12)13/h1-3H. The van der Waals surface area contributed by atoms with Crippen LogP contribution < -0.4 is 0 Å². The third-order valence-electron chi connectivity index (χ3n) is 1.78. The van der Waals surface area contributed by atoms with Gasteiger partial charge in [-0.15, -0.1) is 11.3 Å². The normalized spacial score (nSPS) is 12.2. The van der Waals surface area contributed by atoms with Gasteiger partial charge < -0.3 is 0 Å². The molecule has 0 unspecified atom stereocenters. The van der Waals surface area contributed by atoms with E-state index < -0.39 is 9.05 Å². The van der Waals surface area contributed by atoms with E-state index in [1.807, 2.05) is 0 Å². The van der Waals surface area contributed by atoms with Gasteiger partial charge in [0, 0.05) is 25.8 Å². The van der Waals surface area contributed by atoms with Gasteiger partial charge >= 0.3 is 0 Å². The van der Waals surface area contributed by atoms with Crippen LogP contribution in [0.5, 0.6) is 0 Å². The Balaban J connectivity index is 2.87. The second-order valence-electron chi connectivity index (χ2n) is 2.78. The van der Waals surface area contributed by atoms with Crippen LogP contribution in [0, 0.1) is 0 Å². The highest BCUT2D eigenvalue weighted by Crippen LogP contribution is 2.40. The highest BCUT2D eigenvalue weighted by Gasteiger charge is 2.20. The molecule has 1 aromatic heterocycles. The first kappa shape index (κ1) is 11.7. The van der Waals surface area contributed by atoms with E-state index >= 15 is 0 Å². The quantitative estimate of drug-likeness (QED) is 0.724. The van der Waals surface area contributed by atoms with Gasteiger partial charge in [-0.2, -0.15) is 0 Å². The van der Waals surface area contributed by atoms with E-state index in [1.165, 1.54) is 0 Å². The summed E-state index contributed by atoms with van der Waals surface area (Å²) in [5.74, 6) is 0. The third-order valence-corrected chi connectivity index (χ3v) is 6.62.